The Labute approximate surface area is 204 Å². The molecule has 0 unspecified atom stereocenters. The molecule has 0 atom stereocenters. The van der Waals surface area contributed by atoms with Crippen LogP contribution in [0.15, 0.2) is 47.5 Å². The molecule has 1 amide bonds. The van der Waals surface area contributed by atoms with E-state index in [0.717, 1.165) is 5.56 Å². The molecule has 0 fully saturated rings. The van der Waals surface area contributed by atoms with Gasteiger partial charge in [-0.05, 0) is 49.7 Å². The van der Waals surface area contributed by atoms with Gasteiger partial charge in [-0.1, -0.05) is 12.1 Å². The van der Waals surface area contributed by atoms with Crippen LogP contribution in [0.5, 0.6) is 11.5 Å². The van der Waals surface area contributed by atoms with E-state index in [4.69, 9.17) is 4.74 Å². The SMILES string of the molecule is CCNC(=O)c1ccc(CN=C(NCC)NCc2cc(OC)ccc2OC(F)F)cc1.I. The van der Waals surface area contributed by atoms with E-state index < -0.39 is 6.61 Å². The van der Waals surface area contributed by atoms with E-state index in [1.165, 1.54) is 13.2 Å². The second-order valence-corrected chi connectivity index (χ2v) is 6.46. The molecule has 0 bridgehead atoms. The van der Waals surface area contributed by atoms with E-state index in [1.54, 1.807) is 24.3 Å². The van der Waals surface area contributed by atoms with Gasteiger partial charge >= 0.3 is 6.61 Å². The number of nitrogens with zero attached hydrogens (tertiary/aromatic N) is 1. The van der Waals surface area contributed by atoms with E-state index in [1.807, 2.05) is 26.0 Å². The number of benzene rings is 2. The first kappa shape index (κ1) is 27.4. The van der Waals surface area contributed by atoms with Crippen LogP contribution in [0.4, 0.5) is 8.78 Å². The van der Waals surface area contributed by atoms with Gasteiger partial charge in [0.25, 0.3) is 5.91 Å². The molecule has 2 rings (SSSR count). The molecular weight excluding hydrogens is 533 g/mol. The van der Waals surface area contributed by atoms with Gasteiger partial charge in [0, 0.05) is 30.8 Å². The fourth-order valence-corrected chi connectivity index (χ4v) is 2.75. The minimum Gasteiger partial charge on any atom is -0.497 e. The van der Waals surface area contributed by atoms with E-state index in [2.05, 4.69) is 25.7 Å². The second-order valence-electron chi connectivity index (χ2n) is 6.46. The van der Waals surface area contributed by atoms with Crippen LogP contribution in [0.3, 0.4) is 0 Å². The van der Waals surface area contributed by atoms with E-state index in [0.29, 0.717) is 42.5 Å². The van der Waals surface area contributed by atoms with Gasteiger partial charge in [-0.15, -0.1) is 24.0 Å². The Balaban J connectivity index is 0.00000512. The lowest BCUT2D eigenvalue weighted by molar-refractivity contribution is -0.0505. The maximum Gasteiger partial charge on any atom is 0.387 e. The normalized spacial score (nSPS) is 10.9. The summed E-state index contributed by atoms with van der Waals surface area (Å²) >= 11 is 0. The number of halogens is 3. The van der Waals surface area contributed by atoms with Crippen molar-refractivity contribution in [3.05, 3.63) is 59.2 Å². The number of hydrogen-bond acceptors (Lipinski definition) is 4. The fourth-order valence-electron chi connectivity index (χ4n) is 2.75. The van der Waals surface area contributed by atoms with Crippen LogP contribution in [-0.4, -0.2) is 38.7 Å². The molecule has 32 heavy (non-hydrogen) atoms. The van der Waals surface area contributed by atoms with Crippen molar-refractivity contribution in [1.82, 2.24) is 16.0 Å². The molecular formula is C22H29F2IN4O3. The molecule has 0 heterocycles. The van der Waals surface area contributed by atoms with Crippen molar-refractivity contribution in [2.45, 2.75) is 33.5 Å². The third-order valence-corrected chi connectivity index (χ3v) is 4.25. The van der Waals surface area contributed by atoms with Crippen molar-refractivity contribution in [2.75, 3.05) is 20.2 Å². The van der Waals surface area contributed by atoms with Crippen LogP contribution < -0.4 is 25.4 Å². The molecule has 10 heteroatoms. The van der Waals surface area contributed by atoms with Crippen LogP contribution in [0.1, 0.15) is 35.3 Å². The Bertz CT molecular complexity index is 880. The monoisotopic (exact) mass is 562 g/mol. The smallest absolute Gasteiger partial charge is 0.387 e. The molecule has 0 aliphatic heterocycles. The first-order valence-corrected chi connectivity index (χ1v) is 9.97. The van der Waals surface area contributed by atoms with E-state index >= 15 is 0 Å². The largest absolute Gasteiger partial charge is 0.497 e. The predicted octanol–water partition coefficient (Wildman–Crippen LogP) is 3.92. The van der Waals surface area contributed by atoms with Gasteiger partial charge in [-0.25, -0.2) is 4.99 Å². The molecule has 7 nitrogen and oxygen atoms in total. The molecule has 0 saturated carbocycles. The Hall–Kier alpha value is -2.63. The molecule has 0 spiro atoms. The van der Waals surface area contributed by atoms with E-state index in [9.17, 15) is 13.6 Å². The Morgan fingerprint density at radius 3 is 2.31 bits per heavy atom. The average Bonchev–Trinajstić information content (AvgIpc) is 2.76. The number of carbonyl (C=O) groups excluding carboxylic acids is 1. The summed E-state index contributed by atoms with van der Waals surface area (Å²) in [5.41, 5.74) is 2.02. The van der Waals surface area contributed by atoms with Crippen LogP contribution in [0.25, 0.3) is 0 Å². The minimum atomic E-state index is -2.92. The number of alkyl halides is 2. The molecule has 2 aromatic carbocycles. The summed E-state index contributed by atoms with van der Waals surface area (Å²) in [5, 5.41) is 8.98. The number of rotatable bonds is 10. The zero-order valence-corrected chi connectivity index (χ0v) is 20.6. The van der Waals surface area contributed by atoms with Crippen LogP contribution >= 0.6 is 24.0 Å². The minimum absolute atomic E-state index is 0. The maximum atomic E-state index is 12.7. The summed E-state index contributed by atoms with van der Waals surface area (Å²) in [6.07, 6.45) is 0. The molecule has 3 N–H and O–H groups in total. The molecule has 176 valence electrons. The number of ether oxygens (including phenoxy) is 2. The molecule has 0 aliphatic carbocycles. The van der Waals surface area contributed by atoms with Crippen molar-refractivity contribution in [2.24, 2.45) is 4.99 Å². The summed E-state index contributed by atoms with van der Waals surface area (Å²) in [6.45, 7) is 2.65. The van der Waals surface area contributed by atoms with Crippen molar-refractivity contribution in [1.29, 1.82) is 0 Å². The molecule has 2 aromatic rings. The molecule has 0 aromatic heterocycles. The van der Waals surface area contributed by atoms with Crippen molar-refractivity contribution >= 4 is 35.8 Å². The van der Waals surface area contributed by atoms with Crippen LogP contribution in [0.2, 0.25) is 0 Å². The van der Waals surface area contributed by atoms with Crippen LogP contribution in [-0.2, 0) is 13.1 Å². The lowest BCUT2D eigenvalue weighted by atomic mass is 10.1. The fraction of sp³-hybridized carbons (Fsp3) is 0.364. The highest BCUT2D eigenvalue weighted by molar-refractivity contribution is 14.0. The first-order valence-electron chi connectivity index (χ1n) is 9.97. The highest BCUT2D eigenvalue weighted by Crippen LogP contribution is 2.25. The van der Waals surface area contributed by atoms with Crippen molar-refractivity contribution < 1.29 is 23.0 Å². The number of amides is 1. The third kappa shape index (κ3) is 8.85. The number of aliphatic imine (C=N–C) groups is 1. The van der Waals surface area contributed by atoms with Gasteiger partial charge in [0.15, 0.2) is 5.96 Å². The highest BCUT2D eigenvalue weighted by atomic mass is 127. The van der Waals surface area contributed by atoms with Gasteiger partial charge in [-0.3, -0.25) is 4.79 Å². The summed E-state index contributed by atoms with van der Waals surface area (Å²) in [6, 6.07) is 11.8. The zero-order chi connectivity index (χ0) is 22.6. The van der Waals surface area contributed by atoms with Gasteiger partial charge in [0.2, 0.25) is 0 Å². The van der Waals surface area contributed by atoms with Crippen molar-refractivity contribution in [3.63, 3.8) is 0 Å². The molecule has 0 saturated heterocycles. The standard InChI is InChI=1S/C22H28F2N4O3.HI/c1-4-25-20(29)16-8-6-15(7-9-16)13-27-22(26-5-2)28-14-17-12-18(30-3)10-11-19(17)31-21(23)24;/h6-12,21H,4-5,13-14H2,1-3H3,(H,25,29)(H2,26,27,28);1H. The lowest BCUT2D eigenvalue weighted by Gasteiger charge is -2.15. The predicted molar refractivity (Wildman–Crippen MR) is 131 cm³/mol. The van der Waals surface area contributed by atoms with Crippen molar-refractivity contribution in [3.8, 4) is 11.5 Å². The summed E-state index contributed by atoms with van der Waals surface area (Å²) in [7, 11) is 1.50. The van der Waals surface area contributed by atoms with Crippen LogP contribution in [0, 0.1) is 0 Å². The number of methoxy groups -OCH3 is 1. The third-order valence-electron chi connectivity index (χ3n) is 4.25. The summed E-state index contributed by atoms with van der Waals surface area (Å²) in [5.74, 6) is 1.00. The maximum absolute atomic E-state index is 12.7. The van der Waals surface area contributed by atoms with Gasteiger partial charge in [0.1, 0.15) is 11.5 Å². The number of guanidine groups is 1. The molecule has 0 aliphatic rings. The topological polar surface area (TPSA) is 84.0 Å². The van der Waals surface area contributed by atoms with Gasteiger partial charge in [0.05, 0.1) is 13.7 Å². The Morgan fingerprint density at radius 2 is 1.72 bits per heavy atom. The Morgan fingerprint density at radius 1 is 1.03 bits per heavy atom. The first-order chi connectivity index (χ1) is 15.0. The quantitative estimate of drug-likeness (QED) is 0.232. The number of hydrogen-bond donors (Lipinski definition) is 3. The van der Waals surface area contributed by atoms with E-state index in [-0.39, 0.29) is 42.2 Å². The second kappa shape index (κ2) is 14.4. The lowest BCUT2D eigenvalue weighted by Crippen LogP contribution is -2.36. The molecule has 0 radical (unpaired) electrons. The highest BCUT2D eigenvalue weighted by Gasteiger charge is 2.12. The number of carbonyl (C=O) groups is 1. The number of nitrogens with one attached hydrogen (secondary N) is 3. The van der Waals surface area contributed by atoms with Gasteiger partial charge < -0.3 is 25.4 Å². The average molecular weight is 562 g/mol. The Kier molecular flexibility index (Phi) is 12.4. The van der Waals surface area contributed by atoms with Gasteiger partial charge in [-0.2, -0.15) is 8.78 Å². The zero-order valence-electron chi connectivity index (χ0n) is 18.3. The summed E-state index contributed by atoms with van der Waals surface area (Å²) in [4.78, 5) is 16.4. The summed E-state index contributed by atoms with van der Waals surface area (Å²) < 4.78 is 35.2.